The number of amides is 1. The van der Waals surface area contributed by atoms with Gasteiger partial charge in [-0.1, -0.05) is 13.8 Å². The molecule has 1 unspecified atom stereocenters. The molecule has 1 aromatic carbocycles. The van der Waals surface area contributed by atoms with E-state index in [1.54, 1.807) is 18.2 Å². The molecule has 1 N–H and O–H groups in total. The maximum absolute atomic E-state index is 13.6. The minimum Gasteiger partial charge on any atom is -0.493 e. The number of hydrogen-bond donors (Lipinski definition) is 1. The third kappa shape index (κ3) is 4.87. The van der Waals surface area contributed by atoms with E-state index in [2.05, 4.69) is 16.5 Å². The molecule has 1 amide bonds. The first-order valence-electron chi connectivity index (χ1n) is 11.4. The van der Waals surface area contributed by atoms with Gasteiger partial charge in [-0.05, 0) is 57.4 Å². The molecule has 0 radical (unpaired) electrons. The number of carbonyl (C=O) groups is 1. The van der Waals surface area contributed by atoms with E-state index >= 15 is 0 Å². The summed E-state index contributed by atoms with van der Waals surface area (Å²) in [5.74, 6) is 0.899. The number of carbonyl (C=O) groups excluding carboxylic acids is 1. The molecule has 9 heteroatoms. The van der Waals surface area contributed by atoms with Crippen LogP contribution in [0.2, 0.25) is 0 Å². The summed E-state index contributed by atoms with van der Waals surface area (Å²) in [5, 5.41) is 18.2. The van der Waals surface area contributed by atoms with Gasteiger partial charge < -0.3 is 19.5 Å². The summed E-state index contributed by atoms with van der Waals surface area (Å²) in [6.07, 6.45) is 0. The molecule has 35 heavy (non-hydrogen) atoms. The number of rotatable bonds is 7. The number of nitrogens with zero attached hydrogens (tertiary/aromatic N) is 4. The van der Waals surface area contributed by atoms with Crippen LogP contribution < -0.4 is 19.5 Å². The number of aryl methyl sites for hydroxylation is 1. The number of ether oxygens (including phenoxy) is 3. The van der Waals surface area contributed by atoms with Crippen molar-refractivity contribution in [3.05, 3.63) is 40.7 Å². The lowest BCUT2D eigenvalue weighted by Crippen LogP contribution is -2.28. The summed E-state index contributed by atoms with van der Waals surface area (Å²) in [6.45, 7) is 12.0. The van der Waals surface area contributed by atoms with E-state index in [1.807, 2.05) is 46.2 Å². The Balaban J connectivity index is 2.13. The summed E-state index contributed by atoms with van der Waals surface area (Å²) >= 11 is 0. The molecule has 3 rings (SSSR count). The van der Waals surface area contributed by atoms with Gasteiger partial charge in [-0.2, -0.15) is 10.4 Å². The Morgan fingerprint density at radius 2 is 1.69 bits per heavy atom. The maximum Gasteiger partial charge on any atom is 0.253 e. The van der Waals surface area contributed by atoms with Crippen LogP contribution >= 0.6 is 0 Å². The molecule has 0 aliphatic heterocycles. The minimum atomic E-state index is -0.958. The average Bonchev–Trinajstić information content (AvgIpc) is 3.17. The molecule has 0 bridgehead atoms. The van der Waals surface area contributed by atoms with E-state index in [-0.39, 0.29) is 11.5 Å². The number of benzene rings is 1. The van der Waals surface area contributed by atoms with E-state index in [0.29, 0.717) is 45.1 Å². The molecule has 0 aliphatic rings. The zero-order valence-electron chi connectivity index (χ0n) is 21.8. The van der Waals surface area contributed by atoms with Crippen molar-refractivity contribution in [3.63, 3.8) is 0 Å². The van der Waals surface area contributed by atoms with Crippen molar-refractivity contribution in [2.45, 2.75) is 59.0 Å². The summed E-state index contributed by atoms with van der Waals surface area (Å²) in [6, 6.07) is 6.30. The van der Waals surface area contributed by atoms with Crippen LogP contribution in [0, 0.1) is 18.3 Å². The Bertz CT molecular complexity index is 1270. The second kappa shape index (κ2) is 9.82. The van der Waals surface area contributed by atoms with Crippen LogP contribution in [0.15, 0.2) is 18.2 Å². The van der Waals surface area contributed by atoms with Crippen LogP contribution in [0.25, 0.3) is 11.0 Å². The normalized spacial score (nSPS) is 12.4. The number of aromatic nitrogens is 3. The number of hydrogen-bond acceptors (Lipinski definition) is 7. The van der Waals surface area contributed by atoms with Gasteiger partial charge >= 0.3 is 0 Å². The Kier molecular flexibility index (Phi) is 7.25. The van der Waals surface area contributed by atoms with Gasteiger partial charge in [0.25, 0.3) is 5.91 Å². The highest BCUT2D eigenvalue weighted by Crippen LogP contribution is 2.40. The van der Waals surface area contributed by atoms with Crippen LogP contribution in [-0.4, -0.2) is 42.0 Å². The first-order valence-corrected chi connectivity index (χ1v) is 11.4. The topological polar surface area (TPSA) is 111 Å². The number of fused-ring (bicyclic) bond motifs is 1. The molecule has 9 nitrogen and oxygen atoms in total. The van der Waals surface area contributed by atoms with Crippen molar-refractivity contribution >= 4 is 16.9 Å². The Labute approximate surface area is 206 Å². The highest BCUT2D eigenvalue weighted by atomic mass is 16.5. The molecule has 2 heterocycles. The zero-order valence-corrected chi connectivity index (χ0v) is 21.8. The highest BCUT2D eigenvalue weighted by Gasteiger charge is 2.27. The lowest BCUT2D eigenvalue weighted by atomic mass is 10.0. The number of methoxy groups -OCH3 is 3. The smallest absolute Gasteiger partial charge is 0.253 e. The SMILES string of the molecule is COc1cc(C(C#N)NC(=O)c2cc(C(C)C)nc3c2c(C)nn3C(C)(C)C)cc(OC)c1OC. The summed E-state index contributed by atoms with van der Waals surface area (Å²) in [5.41, 5.74) is 2.73. The highest BCUT2D eigenvalue weighted by molar-refractivity contribution is 6.07. The first kappa shape index (κ1) is 25.8. The molecule has 0 fully saturated rings. The second-order valence-electron chi connectivity index (χ2n) is 9.61. The van der Waals surface area contributed by atoms with Crippen molar-refractivity contribution in [2.24, 2.45) is 0 Å². The van der Waals surface area contributed by atoms with Gasteiger partial charge in [-0.25, -0.2) is 9.67 Å². The minimum absolute atomic E-state index is 0.0939. The lowest BCUT2D eigenvalue weighted by molar-refractivity contribution is 0.0946. The van der Waals surface area contributed by atoms with Crippen molar-refractivity contribution in [1.82, 2.24) is 20.1 Å². The fourth-order valence-electron chi connectivity index (χ4n) is 3.92. The van der Waals surface area contributed by atoms with Gasteiger partial charge in [-0.15, -0.1) is 0 Å². The molecule has 0 spiro atoms. The van der Waals surface area contributed by atoms with Crippen molar-refractivity contribution < 1.29 is 19.0 Å². The predicted octanol–water partition coefficient (Wildman–Crippen LogP) is 4.64. The number of pyridine rings is 1. The monoisotopic (exact) mass is 479 g/mol. The lowest BCUT2D eigenvalue weighted by Gasteiger charge is -2.21. The molecule has 0 aliphatic carbocycles. The Morgan fingerprint density at radius 3 is 2.14 bits per heavy atom. The quantitative estimate of drug-likeness (QED) is 0.525. The van der Waals surface area contributed by atoms with E-state index in [1.165, 1.54) is 21.3 Å². The molecule has 0 saturated heterocycles. The van der Waals surface area contributed by atoms with Gasteiger partial charge in [0.15, 0.2) is 17.1 Å². The van der Waals surface area contributed by atoms with Crippen LogP contribution in [0.5, 0.6) is 17.2 Å². The first-order chi connectivity index (χ1) is 16.5. The Morgan fingerprint density at radius 1 is 1.09 bits per heavy atom. The molecule has 1 atom stereocenters. The van der Waals surface area contributed by atoms with Gasteiger partial charge in [0, 0.05) is 5.69 Å². The zero-order chi connectivity index (χ0) is 26.1. The van der Waals surface area contributed by atoms with Crippen molar-refractivity contribution in [1.29, 1.82) is 5.26 Å². The summed E-state index contributed by atoms with van der Waals surface area (Å²) in [4.78, 5) is 18.4. The van der Waals surface area contributed by atoms with E-state index in [0.717, 1.165) is 5.69 Å². The fraction of sp³-hybridized carbons (Fsp3) is 0.462. The van der Waals surface area contributed by atoms with Gasteiger partial charge in [-0.3, -0.25) is 4.79 Å². The van der Waals surface area contributed by atoms with Crippen LogP contribution in [0.1, 0.15) is 73.9 Å². The Hall–Kier alpha value is -3.80. The van der Waals surface area contributed by atoms with Gasteiger partial charge in [0.1, 0.15) is 6.04 Å². The van der Waals surface area contributed by atoms with Crippen molar-refractivity contribution in [2.75, 3.05) is 21.3 Å². The summed E-state index contributed by atoms with van der Waals surface area (Å²) < 4.78 is 18.0. The maximum atomic E-state index is 13.6. The third-order valence-corrected chi connectivity index (χ3v) is 5.73. The number of nitrogens with one attached hydrogen (secondary N) is 1. The molecular weight excluding hydrogens is 446 g/mol. The molecular formula is C26H33N5O4. The largest absolute Gasteiger partial charge is 0.493 e. The summed E-state index contributed by atoms with van der Waals surface area (Å²) in [7, 11) is 4.50. The molecule has 0 saturated carbocycles. The van der Waals surface area contributed by atoms with Crippen LogP contribution in [-0.2, 0) is 5.54 Å². The molecule has 186 valence electrons. The van der Waals surface area contributed by atoms with E-state index < -0.39 is 11.9 Å². The molecule has 3 aromatic rings. The van der Waals surface area contributed by atoms with Crippen molar-refractivity contribution in [3.8, 4) is 23.3 Å². The average molecular weight is 480 g/mol. The van der Waals surface area contributed by atoms with Gasteiger partial charge in [0.05, 0.1) is 49.6 Å². The molecule has 2 aromatic heterocycles. The number of nitriles is 1. The van der Waals surface area contributed by atoms with Crippen LogP contribution in [0.4, 0.5) is 0 Å². The standard InChI is InChI=1S/C26H33N5O4/c1-14(2)18-12-17(22-15(3)30-31(24(22)28-18)26(4,5)6)25(32)29-19(13-27)16-10-20(33-7)23(35-9)21(11-16)34-8/h10-12,14,19H,1-9H3,(H,29,32). The fourth-order valence-corrected chi connectivity index (χ4v) is 3.92. The second-order valence-corrected chi connectivity index (χ2v) is 9.61. The third-order valence-electron chi connectivity index (χ3n) is 5.73. The van der Waals surface area contributed by atoms with E-state index in [4.69, 9.17) is 19.2 Å². The predicted molar refractivity (Wildman–Crippen MR) is 133 cm³/mol. The van der Waals surface area contributed by atoms with E-state index in [9.17, 15) is 10.1 Å². The van der Waals surface area contributed by atoms with Crippen LogP contribution in [0.3, 0.4) is 0 Å². The van der Waals surface area contributed by atoms with Gasteiger partial charge in [0.2, 0.25) is 5.75 Å².